The van der Waals surface area contributed by atoms with E-state index in [1.807, 2.05) is 0 Å². The van der Waals surface area contributed by atoms with Crippen LogP contribution in [0, 0.1) is 0 Å². The zero-order valence-corrected chi connectivity index (χ0v) is 10.6. The summed E-state index contributed by atoms with van der Waals surface area (Å²) in [6.45, 7) is 0. The van der Waals surface area contributed by atoms with E-state index in [9.17, 15) is 8.42 Å². The van der Waals surface area contributed by atoms with E-state index < -0.39 is 9.84 Å². The number of hydrogen-bond donors (Lipinski definition) is 0. The minimum Gasteiger partial charge on any atom is -0.411 e. The normalized spacial score (nSPS) is 11.6. The number of rotatable bonds is 2. The second kappa shape index (κ2) is 3.99. The molecule has 0 fully saturated rings. The van der Waals surface area contributed by atoms with Crippen LogP contribution in [-0.4, -0.2) is 24.9 Å². The molecule has 0 N–H and O–H groups in total. The third kappa shape index (κ3) is 2.30. The van der Waals surface area contributed by atoms with Crippen LogP contribution in [0.3, 0.4) is 0 Å². The lowest BCUT2D eigenvalue weighted by atomic mass is 10.2. The fraction of sp³-hybridized carbons (Fsp3) is 0.111. The number of halogens is 1. The lowest BCUT2D eigenvalue weighted by Gasteiger charge is -1.99. The molecule has 0 unspecified atom stereocenters. The highest BCUT2D eigenvalue weighted by atomic mass is 79.9. The quantitative estimate of drug-likeness (QED) is 0.847. The van der Waals surface area contributed by atoms with Gasteiger partial charge in [-0.15, -0.1) is 10.2 Å². The van der Waals surface area contributed by atoms with Crippen molar-refractivity contribution in [2.24, 2.45) is 0 Å². The maximum absolute atomic E-state index is 11.3. The zero-order valence-electron chi connectivity index (χ0n) is 8.21. The van der Waals surface area contributed by atoms with E-state index in [1.165, 1.54) is 12.1 Å². The summed E-state index contributed by atoms with van der Waals surface area (Å²) in [5.41, 5.74) is 0.570. The Morgan fingerprint density at radius 2 is 2.06 bits per heavy atom. The molecule has 0 aliphatic carbocycles. The number of sulfone groups is 1. The number of nitrogens with zero attached hydrogens (tertiary/aromatic N) is 2. The molecule has 2 aromatic rings. The van der Waals surface area contributed by atoms with Gasteiger partial charge in [0.15, 0.2) is 9.84 Å². The first-order valence-electron chi connectivity index (χ1n) is 4.26. The third-order valence-electron chi connectivity index (χ3n) is 1.91. The van der Waals surface area contributed by atoms with Crippen LogP contribution >= 0.6 is 15.9 Å². The Hall–Kier alpha value is -1.21. The minimum absolute atomic E-state index is 0.222. The van der Waals surface area contributed by atoms with Gasteiger partial charge in [0.05, 0.1) is 4.90 Å². The molecule has 5 nitrogen and oxygen atoms in total. The van der Waals surface area contributed by atoms with Crippen LogP contribution in [0.15, 0.2) is 38.4 Å². The fourth-order valence-electron chi connectivity index (χ4n) is 1.18. The van der Waals surface area contributed by atoms with E-state index >= 15 is 0 Å². The Balaban J connectivity index is 2.52. The van der Waals surface area contributed by atoms with Gasteiger partial charge in [0, 0.05) is 27.7 Å². The topological polar surface area (TPSA) is 73.1 Å². The van der Waals surface area contributed by atoms with Crippen LogP contribution in [0.2, 0.25) is 0 Å². The van der Waals surface area contributed by atoms with Crippen molar-refractivity contribution in [3.63, 3.8) is 0 Å². The summed E-state index contributed by atoms with van der Waals surface area (Å²) in [6, 6.07) is 6.35. The van der Waals surface area contributed by atoms with E-state index in [-0.39, 0.29) is 15.6 Å². The summed E-state index contributed by atoms with van der Waals surface area (Å²) in [5, 5.41) is 7.39. The number of aromatic nitrogens is 2. The predicted octanol–water partition coefficient (Wildman–Crippen LogP) is 1.90. The lowest BCUT2D eigenvalue weighted by molar-refractivity contribution is 0.540. The Labute approximate surface area is 101 Å². The molecule has 0 amide bonds. The van der Waals surface area contributed by atoms with Crippen molar-refractivity contribution in [1.29, 1.82) is 0 Å². The zero-order chi connectivity index (χ0) is 11.8. The van der Waals surface area contributed by atoms with Crippen LogP contribution in [0.4, 0.5) is 0 Å². The molecular weight excluding hydrogens is 296 g/mol. The molecular formula is C9H7BrN2O3S. The molecule has 0 aliphatic heterocycles. The third-order valence-corrected chi connectivity index (χ3v) is 3.34. The van der Waals surface area contributed by atoms with Gasteiger partial charge in [-0.1, -0.05) is 6.07 Å². The average Bonchev–Trinajstić information content (AvgIpc) is 2.64. The smallest absolute Gasteiger partial charge is 0.285 e. The molecule has 0 saturated heterocycles. The summed E-state index contributed by atoms with van der Waals surface area (Å²) in [6.07, 6.45) is 1.15. The summed E-state index contributed by atoms with van der Waals surface area (Å²) < 4.78 is 27.8. The molecule has 84 valence electrons. The van der Waals surface area contributed by atoms with Crippen LogP contribution < -0.4 is 0 Å². The van der Waals surface area contributed by atoms with Gasteiger partial charge in [0.2, 0.25) is 5.89 Å². The van der Waals surface area contributed by atoms with E-state index in [4.69, 9.17) is 4.42 Å². The highest BCUT2D eigenvalue weighted by Gasteiger charge is 2.11. The van der Waals surface area contributed by atoms with Gasteiger partial charge in [0.1, 0.15) is 0 Å². The molecule has 7 heteroatoms. The Bertz CT molecular complexity index is 621. The van der Waals surface area contributed by atoms with Gasteiger partial charge >= 0.3 is 0 Å². The number of benzene rings is 1. The van der Waals surface area contributed by atoms with Gasteiger partial charge in [-0.2, -0.15) is 0 Å². The van der Waals surface area contributed by atoms with Gasteiger partial charge in [-0.05, 0) is 18.2 Å². The van der Waals surface area contributed by atoms with E-state index in [0.29, 0.717) is 5.56 Å². The largest absolute Gasteiger partial charge is 0.411 e. The van der Waals surface area contributed by atoms with Crippen molar-refractivity contribution in [1.82, 2.24) is 10.2 Å². The SMILES string of the molecule is CS(=O)(=O)c1cccc(-c2nnc(Br)o2)c1. The van der Waals surface area contributed by atoms with Crippen molar-refractivity contribution in [2.75, 3.05) is 6.26 Å². The van der Waals surface area contributed by atoms with Gasteiger partial charge < -0.3 is 4.42 Å². The molecule has 0 saturated carbocycles. The lowest BCUT2D eigenvalue weighted by Crippen LogP contribution is -1.96. The van der Waals surface area contributed by atoms with E-state index in [2.05, 4.69) is 26.1 Å². The summed E-state index contributed by atoms with van der Waals surface area (Å²) >= 11 is 3.03. The molecule has 1 heterocycles. The standard InChI is InChI=1S/C9H7BrN2O3S/c1-16(13,14)7-4-2-3-6(5-7)8-11-12-9(10)15-8/h2-5H,1H3. The minimum atomic E-state index is -3.23. The van der Waals surface area contributed by atoms with Crippen molar-refractivity contribution >= 4 is 25.8 Å². The van der Waals surface area contributed by atoms with Crippen molar-refractivity contribution < 1.29 is 12.8 Å². The van der Waals surface area contributed by atoms with Gasteiger partial charge in [-0.3, -0.25) is 0 Å². The molecule has 0 radical (unpaired) electrons. The first kappa shape index (κ1) is 11.3. The summed E-state index contributed by atoms with van der Waals surface area (Å²) in [5.74, 6) is 0.275. The Morgan fingerprint density at radius 3 is 2.62 bits per heavy atom. The van der Waals surface area contributed by atoms with E-state index in [1.54, 1.807) is 12.1 Å². The molecule has 0 aliphatic rings. The van der Waals surface area contributed by atoms with Crippen LogP contribution in [0.5, 0.6) is 0 Å². The van der Waals surface area contributed by atoms with Crippen molar-refractivity contribution in [3.05, 3.63) is 29.1 Å². The summed E-state index contributed by atoms with van der Waals surface area (Å²) in [7, 11) is -3.23. The molecule has 0 bridgehead atoms. The molecule has 2 rings (SSSR count). The second-order valence-corrected chi connectivity index (χ2v) is 5.85. The Morgan fingerprint density at radius 1 is 1.31 bits per heavy atom. The van der Waals surface area contributed by atoms with Crippen molar-refractivity contribution in [2.45, 2.75) is 4.90 Å². The molecule has 0 atom stereocenters. The van der Waals surface area contributed by atoms with E-state index in [0.717, 1.165) is 6.26 Å². The first-order chi connectivity index (χ1) is 7.47. The molecule has 0 spiro atoms. The fourth-order valence-corrected chi connectivity index (χ4v) is 2.08. The van der Waals surface area contributed by atoms with Crippen LogP contribution in [0.1, 0.15) is 0 Å². The predicted molar refractivity (Wildman–Crippen MR) is 60.5 cm³/mol. The highest BCUT2D eigenvalue weighted by Crippen LogP contribution is 2.22. The van der Waals surface area contributed by atoms with Gasteiger partial charge in [0.25, 0.3) is 4.80 Å². The monoisotopic (exact) mass is 302 g/mol. The molecule has 16 heavy (non-hydrogen) atoms. The van der Waals surface area contributed by atoms with Gasteiger partial charge in [-0.25, -0.2) is 8.42 Å². The second-order valence-electron chi connectivity index (χ2n) is 3.16. The molecule has 1 aromatic heterocycles. The van der Waals surface area contributed by atoms with Crippen molar-refractivity contribution in [3.8, 4) is 11.5 Å². The van der Waals surface area contributed by atoms with Crippen LogP contribution in [-0.2, 0) is 9.84 Å². The van der Waals surface area contributed by atoms with Crippen LogP contribution in [0.25, 0.3) is 11.5 Å². The summed E-state index contributed by atoms with van der Waals surface area (Å²) in [4.78, 5) is 0.478. The molecule has 1 aromatic carbocycles. The average molecular weight is 303 g/mol. The maximum Gasteiger partial charge on any atom is 0.285 e. The first-order valence-corrected chi connectivity index (χ1v) is 6.95. The maximum atomic E-state index is 11.3. The number of hydrogen-bond acceptors (Lipinski definition) is 5. The Kier molecular flexibility index (Phi) is 2.81. The highest BCUT2D eigenvalue weighted by molar-refractivity contribution is 9.10.